The molecule has 0 amide bonds. The molecule has 0 radical (unpaired) electrons. The van der Waals surface area contributed by atoms with E-state index in [1.807, 2.05) is 0 Å². The summed E-state index contributed by atoms with van der Waals surface area (Å²) >= 11 is 0. The summed E-state index contributed by atoms with van der Waals surface area (Å²) in [7, 11) is -2.14. The topological polar surface area (TPSA) is 72.0 Å². The van der Waals surface area contributed by atoms with Crippen molar-refractivity contribution in [3.63, 3.8) is 0 Å². The Morgan fingerprint density at radius 3 is 2.44 bits per heavy atom. The van der Waals surface area contributed by atoms with E-state index < -0.39 is 27.1 Å². The molecule has 0 bridgehead atoms. The van der Waals surface area contributed by atoms with Crippen molar-refractivity contribution < 1.29 is 26.3 Å². The van der Waals surface area contributed by atoms with Gasteiger partial charge in [-0.25, -0.2) is 8.42 Å². The molecule has 1 unspecified atom stereocenters. The number of alkyl halides is 3. The first-order chi connectivity index (χ1) is 12.6. The monoisotopic (exact) mass is 398 g/mol. The maximum atomic E-state index is 13.5. The number of nitrogens with one attached hydrogen (secondary N) is 1. The normalized spacial score (nSPS) is 20.4. The quantitative estimate of drug-likeness (QED) is 0.854. The summed E-state index contributed by atoms with van der Waals surface area (Å²) in [6, 6.07) is 6.50. The van der Waals surface area contributed by atoms with Crippen molar-refractivity contribution in [2.24, 2.45) is 0 Å². The first kappa shape index (κ1) is 19.2. The number of rotatable bonds is 4. The molecule has 1 aliphatic rings. The average Bonchev–Trinajstić information content (AvgIpc) is 3.12. The van der Waals surface area contributed by atoms with Crippen LogP contribution in [0.5, 0.6) is 5.75 Å². The van der Waals surface area contributed by atoms with Gasteiger partial charge in [0.2, 0.25) is 0 Å². The molecule has 1 aromatic heterocycles. The van der Waals surface area contributed by atoms with Gasteiger partial charge < -0.3 is 4.74 Å². The van der Waals surface area contributed by atoms with Crippen LogP contribution in [0, 0.1) is 0 Å². The number of hydrogen-bond acceptors (Lipinski definition) is 4. The molecule has 0 spiro atoms. The fourth-order valence-electron chi connectivity index (χ4n) is 3.22. The molecule has 144 valence electrons. The summed E-state index contributed by atoms with van der Waals surface area (Å²) in [5, 5.41) is 5.65. The molecule has 0 fully saturated rings. The molecular weight excluding hydrogens is 381 g/mol. The molecule has 9 heteroatoms. The number of benzene rings is 1. The lowest BCUT2D eigenvalue weighted by atomic mass is 9.70. The number of H-pyrrole nitrogens is 1. The fraction of sp³-hybridized carbons (Fsp3) is 0.278. The second-order valence-electron chi connectivity index (χ2n) is 6.27. The molecule has 5 nitrogen and oxygen atoms in total. The number of allylic oxidation sites excluding steroid dienone is 3. The fourth-order valence-corrected chi connectivity index (χ4v) is 3.98. The van der Waals surface area contributed by atoms with Gasteiger partial charge in [0.05, 0.1) is 12.0 Å². The van der Waals surface area contributed by atoms with E-state index in [2.05, 4.69) is 10.2 Å². The number of halogens is 3. The van der Waals surface area contributed by atoms with Crippen molar-refractivity contribution in [3.8, 4) is 5.75 Å². The molecule has 1 aliphatic carbocycles. The summed E-state index contributed by atoms with van der Waals surface area (Å²) in [5.74, 6) is 0.538. The smallest absolute Gasteiger partial charge is 0.435 e. The zero-order chi connectivity index (χ0) is 19.9. The van der Waals surface area contributed by atoms with Gasteiger partial charge in [0.15, 0.2) is 15.5 Å². The Balaban J connectivity index is 2.30. The van der Waals surface area contributed by atoms with Crippen LogP contribution in [0.3, 0.4) is 0 Å². The van der Waals surface area contributed by atoms with E-state index in [1.165, 1.54) is 25.5 Å². The van der Waals surface area contributed by atoms with E-state index in [0.717, 1.165) is 6.26 Å². The molecule has 0 saturated heterocycles. The van der Waals surface area contributed by atoms with Crippen molar-refractivity contribution in [1.82, 2.24) is 10.2 Å². The Morgan fingerprint density at radius 1 is 1.22 bits per heavy atom. The van der Waals surface area contributed by atoms with E-state index >= 15 is 0 Å². The van der Waals surface area contributed by atoms with E-state index in [0.29, 0.717) is 11.3 Å². The van der Waals surface area contributed by atoms with Crippen molar-refractivity contribution in [1.29, 1.82) is 0 Å². The number of methoxy groups -OCH3 is 1. The first-order valence-electron chi connectivity index (χ1n) is 7.93. The van der Waals surface area contributed by atoms with E-state index in [-0.39, 0.29) is 16.9 Å². The Kier molecular flexibility index (Phi) is 4.67. The highest BCUT2D eigenvalue weighted by Gasteiger charge is 2.45. The molecule has 0 saturated carbocycles. The lowest BCUT2D eigenvalue weighted by molar-refractivity contribution is -0.142. The van der Waals surface area contributed by atoms with Gasteiger partial charge in [-0.15, -0.1) is 0 Å². The predicted octanol–water partition coefficient (Wildman–Crippen LogP) is 3.61. The number of nitrogens with zero attached hydrogens (tertiary/aromatic N) is 1. The number of aromatic nitrogens is 2. The predicted molar refractivity (Wildman–Crippen MR) is 94.0 cm³/mol. The summed E-state index contributed by atoms with van der Waals surface area (Å²) in [6.07, 6.45) is 1.99. The number of sulfone groups is 1. The minimum atomic E-state index is -4.69. The minimum Gasteiger partial charge on any atom is -0.497 e. The standard InChI is InChI=1S/C18H17F3N2O3S/c1-26-13-7-5-12(6-8-13)17(9-3-4-14(10-17)27(2,24)25)15-11-22-23-16(15)18(19,20)21/h3-8,10-11H,9H2,1-2H3,(H,22,23). The second-order valence-corrected chi connectivity index (χ2v) is 8.29. The summed E-state index contributed by atoms with van der Waals surface area (Å²) in [4.78, 5) is -0.0427. The Morgan fingerprint density at radius 2 is 1.89 bits per heavy atom. The van der Waals surface area contributed by atoms with E-state index in [4.69, 9.17) is 4.74 Å². The Hall–Kier alpha value is -2.55. The van der Waals surface area contributed by atoms with Crippen LogP contribution in [0.25, 0.3) is 0 Å². The van der Waals surface area contributed by atoms with E-state index in [1.54, 1.807) is 30.3 Å². The van der Waals surface area contributed by atoms with Crippen LogP contribution in [0.2, 0.25) is 0 Å². The van der Waals surface area contributed by atoms with Crippen LogP contribution in [0.15, 0.2) is 53.6 Å². The van der Waals surface area contributed by atoms with Crippen LogP contribution in [0.4, 0.5) is 13.2 Å². The van der Waals surface area contributed by atoms with Gasteiger partial charge in [-0.3, -0.25) is 5.10 Å². The SMILES string of the molecule is COc1ccc(C2(c3c[nH]nc3C(F)(F)F)C=C(S(C)(=O)=O)C=CC2)cc1. The van der Waals surface area contributed by atoms with Crippen LogP contribution < -0.4 is 4.74 Å². The van der Waals surface area contributed by atoms with Gasteiger partial charge in [-0.05, 0) is 30.2 Å². The van der Waals surface area contributed by atoms with Crippen LogP contribution in [0.1, 0.15) is 23.2 Å². The van der Waals surface area contributed by atoms with Gasteiger partial charge >= 0.3 is 6.18 Å². The summed E-state index contributed by atoms with van der Waals surface area (Å²) in [6.45, 7) is 0. The molecule has 1 aromatic carbocycles. The first-order valence-corrected chi connectivity index (χ1v) is 9.82. The highest BCUT2D eigenvalue weighted by atomic mass is 32.2. The zero-order valence-electron chi connectivity index (χ0n) is 14.5. The van der Waals surface area contributed by atoms with Gasteiger partial charge in [-0.2, -0.15) is 18.3 Å². The minimum absolute atomic E-state index is 0.0427. The van der Waals surface area contributed by atoms with E-state index in [9.17, 15) is 21.6 Å². The molecule has 3 rings (SSSR count). The van der Waals surface area contributed by atoms with Crippen molar-refractivity contribution in [2.75, 3.05) is 13.4 Å². The molecule has 1 heterocycles. The van der Waals surface area contributed by atoms with Crippen molar-refractivity contribution in [2.45, 2.75) is 18.0 Å². The number of aromatic amines is 1. The lowest BCUT2D eigenvalue weighted by Gasteiger charge is -2.33. The van der Waals surface area contributed by atoms with Gasteiger partial charge in [0.1, 0.15) is 5.75 Å². The maximum absolute atomic E-state index is 13.5. The Bertz CT molecular complexity index is 1010. The number of ether oxygens (including phenoxy) is 1. The largest absolute Gasteiger partial charge is 0.497 e. The molecule has 0 aliphatic heterocycles. The molecular formula is C18H17F3N2O3S. The molecule has 2 aromatic rings. The molecule has 1 N–H and O–H groups in total. The molecule has 27 heavy (non-hydrogen) atoms. The second kappa shape index (κ2) is 6.56. The van der Waals surface area contributed by atoms with Gasteiger partial charge in [-0.1, -0.05) is 24.3 Å². The third kappa shape index (κ3) is 3.51. The number of hydrogen-bond donors (Lipinski definition) is 1. The maximum Gasteiger partial charge on any atom is 0.435 e. The average molecular weight is 398 g/mol. The van der Waals surface area contributed by atoms with Crippen molar-refractivity contribution in [3.05, 3.63) is 70.4 Å². The third-order valence-corrected chi connectivity index (χ3v) is 5.64. The highest BCUT2D eigenvalue weighted by molar-refractivity contribution is 7.94. The van der Waals surface area contributed by atoms with Crippen molar-refractivity contribution >= 4 is 9.84 Å². The zero-order valence-corrected chi connectivity index (χ0v) is 15.4. The third-order valence-electron chi connectivity index (χ3n) is 4.53. The lowest BCUT2D eigenvalue weighted by Crippen LogP contribution is -2.30. The van der Waals surface area contributed by atoms with Gasteiger partial charge in [0.25, 0.3) is 0 Å². The van der Waals surface area contributed by atoms with Crippen LogP contribution >= 0.6 is 0 Å². The van der Waals surface area contributed by atoms with Crippen LogP contribution in [-0.4, -0.2) is 32.0 Å². The molecule has 1 atom stereocenters. The summed E-state index contributed by atoms with van der Waals surface area (Å²) < 4.78 is 69.8. The van der Waals surface area contributed by atoms with Crippen LogP contribution in [-0.2, 0) is 21.4 Å². The van der Waals surface area contributed by atoms with Gasteiger partial charge in [0, 0.05) is 23.4 Å². The Labute approximate surface area is 154 Å². The highest BCUT2D eigenvalue weighted by Crippen LogP contribution is 2.46. The summed E-state index contributed by atoms with van der Waals surface area (Å²) in [5.41, 5.74) is -2.04.